The van der Waals surface area contributed by atoms with Crippen molar-refractivity contribution in [3.63, 3.8) is 0 Å². The molecule has 2 aromatic rings. The summed E-state index contributed by atoms with van der Waals surface area (Å²) in [5.74, 6) is -0.411. The Balaban J connectivity index is 1.18. The van der Waals surface area contributed by atoms with Crippen molar-refractivity contribution in [2.45, 2.75) is 70.3 Å². The number of likely N-dealkylation sites (tertiary alicyclic amines) is 1. The topological polar surface area (TPSA) is 95.5 Å². The average Bonchev–Trinajstić information content (AvgIpc) is 3.58. The van der Waals surface area contributed by atoms with Crippen LogP contribution in [0.1, 0.15) is 68.4 Å². The number of rotatable bonds is 6. The van der Waals surface area contributed by atoms with E-state index in [9.17, 15) is 14.4 Å². The van der Waals surface area contributed by atoms with Crippen molar-refractivity contribution in [3.8, 4) is 0 Å². The first kappa shape index (κ1) is 23.0. The smallest absolute Gasteiger partial charge is 0.231 e. The lowest BCUT2D eigenvalue weighted by Gasteiger charge is -2.31. The molecule has 8 nitrogen and oxygen atoms in total. The molecule has 1 N–H and O–H groups in total. The molecule has 3 aliphatic rings. The van der Waals surface area contributed by atoms with Gasteiger partial charge in [0.15, 0.2) is 0 Å². The van der Waals surface area contributed by atoms with Gasteiger partial charge in [0.25, 0.3) is 0 Å². The Hall–Kier alpha value is -2.81. The summed E-state index contributed by atoms with van der Waals surface area (Å²) in [5, 5.41) is 12.5. The lowest BCUT2D eigenvalue weighted by molar-refractivity contribution is -0.130. The SMILES string of the molecule is CCc1ccc(N2CC(c3nnc(NC(=O)C4CC(=O)N(C5CCCCC5)C4)s3)CC2=O)cc1. The fraction of sp³-hybridized carbons (Fsp3) is 0.560. The number of amides is 3. The van der Waals surface area contributed by atoms with Crippen LogP contribution in [-0.4, -0.2) is 52.0 Å². The second kappa shape index (κ2) is 9.82. The number of aromatic nitrogens is 2. The number of carbonyl (C=O) groups excluding carboxylic acids is 3. The van der Waals surface area contributed by atoms with Crippen LogP contribution in [-0.2, 0) is 20.8 Å². The van der Waals surface area contributed by atoms with E-state index < -0.39 is 0 Å². The van der Waals surface area contributed by atoms with E-state index in [0.717, 1.165) is 42.8 Å². The molecule has 1 saturated carbocycles. The van der Waals surface area contributed by atoms with Crippen LogP contribution < -0.4 is 10.2 Å². The molecule has 1 aromatic heterocycles. The number of anilines is 2. The predicted octanol–water partition coefficient (Wildman–Crippen LogP) is 3.74. The number of aryl methyl sites for hydroxylation is 1. The van der Waals surface area contributed by atoms with Crippen molar-refractivity contribution < 1.29 is 14.4 Å². The first-order valence-electron chi connectivity index (χ1n) is 12.3. The third-order valence-corrected chi connectivity index (χ3v) is 8.35. The van der Waals surface area contributed by atoms with Crippen molar-refractivity contribution >= 4 is 39.9 Å². The van der Waals surface area contributed by atoms with Gasteiger partial charge in [-0.05, 0) is 37.0 Å². The molecular weight excluding hydrogens is 450 g/mol. The molecule has 5 rings (SSSR count). The molecule has 2 unspecified atom stereocenters. The summed E-state index contributed by atoms with van der Waals surface area (Å²) in [6, 6.07) is 8.37. The van der Waals surface area contributed by atoms with Gasteiger partial charge in [-0.2, -0.15) is 0 Å². The molecule has 1 aliphatic carbocycles. The highest BCUT2D eigenvalue weighted by Gasteiger charge is 2.39. The molecule has 3 heterocycles. The number of nitrogens with zero attached hydrogens (tertiary/aromatic N) is 4. The summed E-state index contributed by atoms with van der Waals surface area (Å²) in [5.41, 5.74) is 2.14. The maximum Gasteiger partial charge on any atom is 0.231 e. The first-order valence-corrected chi connectivity index (χ1v) is 13.2. The summed E-state index contributed by atoms with van der Waals surface area (Å²) >= 11 is 1.32. The highest BCUT2D eigenvalue weighted by Crippen LogP contribution is 2.35. The van der Waals surface area contributed by atoms with Crippen molar-refractivity contribution in [1.82, 2.24) is 15.1 Å². The van der Waals surface area contributed by atoms with Crippen LogP contribution in [0.4, 0.5) is 10.8 Å². The average molecular weight is 482 g/mol. The van der Waals surface area contributed by atoms with Gasteiger partial charge in [0.2, 0.25) is 22.9 Å². The van der Waals surface area contributed by atoms with Crippen LogP contribution in [0.15, 0.2) is 24.3 Å². The molecule has 34 heavy (non-hydrogen) atoms. The summed E-state index contributed by atoms with van der Waals surface area (Å²) < 4.78 is 0. The molecular formula is C25H31N5O3S. The molecule has 9 heteroatoms. The van der Waals surface area contributed by atoms with E-state index in [2.05, 4.69) is 34.6 Å². The van der Waals surface area contributed by atoms with Crippen molar-refractivity contribution in [2.75, 3.05) is 23.3 Å². The molecule has 0 spiro atoms. The van der Waals surface area contributed by atoms with E-state index in [1.165, 1.54) is 23.3 Å². The molecule has 2 atom stereocenters. The van der Waals surface area contributed by atoms with Gasteiger partial charge in [-0.1, -0.05) is 49.7 Å². The van der Waals surface area contributed by atoms with Crippen LogP contribution in [0, 0.1) is 5.92 Å². The fourth-order valence-corrected chi connectivity index (χ4v) is 6.18. The Morgan fingerprint density at radius 2 is 1.79 bits per heavy atom. The highest BCUT2D eigenvalue weighted by atomic mass is 32.1. The van der Waals surface area contributed by atoms with Gasteiger partial charge in [-0.15, -0.1) is 10.2 Å². The van der Waals surface area contributed by atoms with Crippen molar-refractivity contribution in [3.05, 3.63) is 34.8 Å². The minimum Gasteiger partial charge on any atom is -0.339 e. The number of hydrogen-bond acceptors (Lipinski definition) is 6. The molecule has 3 fully saturated rings. The molecule has 2 aliphatic heterocycles. The minimum atomic E-state index is -0.351. The third-order valence-electron chi connectivity index (χ3n) is 7.35. The van der Waals surface area contributed by atoms with E-state index in [1.807, 2.05) is 17.0 Å². The lowest BCUT2D eigenvalue weighted by Crippen LogP contribution is -2.38. The maximum atomic E-state index is 12.8. The van der Waals surface area contributed by atoms with E-state index >= 15 is 0 Å². The Bertz CT molecular complexity index is 1060. The Morgan fingerprint density at radius 3 is 2.53 bits per heavy atom. The zero-order valence-corrected chi connectivity index (χ0v) is 20.4. The lowest BCUT2D eigenvalue weighted by atomic mass is 9.94. The Labute approximate surface area is 203 Å². The van der Waals surface area contributed by atoms with Gasteiger partial charge in [0.05, 0.1) is 5.92 Å². The van der Waals surface area contributed by atoms with E-state index in [0.29, 0.717) is 24.6 Å². The van der Waals surface area contributed by atoms with Crippen LogP contribution >= 0.6 is 11.3 Å². The van der Waals surface area contributed by atoms with Crippen LogP contribution in [0.25, 0.3) is 0 Å². The van der Waals surface area contributed by atoms with E-state index in [-0.39, 0.29) is 42.0 Å². The van der Waals surface area contributed by atoms with Gasteiger partial charge in [0, 0.05) is 43.6 Å². The van der Waals surface area contributed by atoms with Crippen molar-refractivity contribution in [2.24, 2.45) is 5.92 Å². The van der Waals surface area contributed by atoms with Gasteiger partial charge in [-0.25, -0.2) is 0 Å². The zero-order chi connectivity index (χ0) is 23.7. The third kappa shape index (κ3) is 4.71. The van der Waals surface area contributed by atoms with E-state index in [1.54, 1.807) is 4.90 Å². The van der Waals surface area contributed by atoms with Crippen molar-refractivity contribution in [1.29, 1.82) is 0 Å². The molecule has 0 bridgehead atoms. The zero-order valence-electron chi connectivity index (χ0n) is 19.5. The molecule has 180 valence electrons. The highest BCUT2D eigenvalue weighted by molar-refractivity contribution is 7.15. The number of carbonyl (C=O) groups is 3. The summed E-state index contributed by atoms with van der Waals surface area (Å²) in [6.45, 7) is 3.15. The normalized spacial score (nSPS) is 23.7. The molecule has 1 aromatic carbocycles. The second-order valence-electron chi connectivity index (χ2n) is 9.60. The predicted molar refractivity (Wildman–Crippen MR) is 131 cm³/mol. The van der Waals surface area contributed by atoms with Crippen LogP contribution in [0.3, 0.4) is 0 Å². The standard InChI is InChI=1S/C25H31N5O3S/c1-2-16-8-10-20(11-9-16)30-15-18(13-22(30)32)24-27-28-25(34-24)26-23(33)17-12-21(31)29(14-17)19-6-4-3-5-7-19/h8-11,17-19H,2-7,12-15H2,1H3,(H,26,28,33). The summed E-state index contributed by atoms with van der Waals surface area (Å²) in [7, 11) is 0. The van der Waals surface area contributed by atoms with E-state index in [4.69, 9.17) is 0 Å². The summed E-state index contributed by atoms with van der Waals surface area (Å²) in [6.07, 6.45) is 7.23. The summed E-state index contributed by atoms with van der Waals surface area (Å²) in [4.78, 5) is 41.7. The maximum absolute atomic E-state index is 12.8. The quantitative estimate of drug-likeness (QED) is 0.678. The van der Waals surface area contributed by atoms with Gasteiger partial charge >= 0.3 is 0 Å². The van der Waals surface area contributed by atoms with Crippen LogP contribution in [0.5, 0.6) is 0 Å². The number of nitrogens with one attached hydrogen (secondary N) is 1. The fourth-order valence-electron chi connectivity index (χ4n) is 5.34. The monoisotopic (exact) mass is 481 g/mol. The van der Waals surface area contributed by atoms with Gasteiger partial charge < -0.3 is 15.1 Å². The Kier molecular flexibility index (Phi) is 6.63. The first-order chi connectivity index (χ1) is 16.5. The largest absolute Gasteiger partial charge is 0.339 e. The molecule has 2 saturated heterocycles. The minimum absolute atomic E-state index is 0.0450. The molecule has 3 amide bonds. The van der Waals surface area contributed by atoms with Gasteiger partial charge in [0.1, 0.15) is 5.01 Å². The van der Waals surface area contributed by atoms with Crippen LogP contribution in [0.2, 0.25) is 0 Å². The number of hydrogen-bond donors (Lipinski definition) is 1. The molecule has 0 radical (unpaired) electrons. The number of benzene rings is 1. The Morgan fingerprint density at radius 1 is 1.03 bits per heavy atom. The second-order valence-corrected chi connectivity index (χ2v) is 10.6. The van der Waals surface area contributed by atoms with Gasteiger partial charge in [-0.3, -0.25) is 14.4 Å².